The predicted molar refractivity (Wildman–Crippen MR) is 72.6 cm³/mol. The van der Waals surface area contributed by atoms with Gasteiger partial charge in [-0.1, -0.05) is 24.3 Å². The third-order valence-corrected chi connectivity index (χ3v) is 2.80. The molecule has 0 saturated carbocycles. The molecule has 2 aromatic rings. The molecule has 1 aromatic heterocycles. The molecule has 1 amide bonds. The van der Waals surface area contributed by atoms with Gasteiger partial charge in [-0.3, -0.25) is 9.78 Å². The number of hydrogen-bond acceptors (Lipinski definition) is 3. The monoisotopic (exact) mass is 256 g/mol. The number of rotatable bonds is 5. The Hall–Kier alpha value is -2.20. The first-order valence-electron chi connectivity index (χ1n) is 6.05. The summed E-state index contributed by atoms with van der Waals surface area (Å²) in [6, 6.07) is 11.3. The van der Waals surface area contributed by atoms with Gasteiger partial charge in [-0.05, 0) is 23.3 Å². The van der Waals surface area contributed by atoms with Crippen molar-refractivity contribution in [3.05, 3.63) is 65.5 Å². The van der Waals surface area contributed by atoms with Crippen molar-refractivity contribution >= 4 is 5.91 Å². The number of hydrogen-bond donors (Lipinski definition) is 1. The van der Waals surface area contributed by atoms with E-state index in [-0.39, 0.29) is 5.91 Å². The molecule has 0 radical (unpaired) electrons. The summed E-state index contributed by atoms with van der Waals surface area (Å²) in [6.45, 7) is 1.03. The number of pyridine rings is 1. The molecular formula is C15H16N2O2. The first-order valence-corrected chi connectivity index (χ1v) is 6.05. The molecule has 4 heteroatoms. The number of aromatic nitrogens is 1. The van der Waals surface area contributed by atoms with Gasteiger partial charge in [-0.15, -0.1) is 0 Å². The fourth-order valence-electron chi connectivity index (χ4n) is 1.81. The Bertz CT molecular complexity index is 541. The highest BCUT2D eigenvalue weighted by Crippen LogP contribution is 2.10. The molecule has 2 rings (SSSR count). The summed E-state index contributed by atoms with van der Waals surface area (Å²) in [5.74, 6) is -0.102. The van der Waals surface area contributed by atoms with E-state index in [9.17, 15) is 4.79 Å². The fourth-order valence-corrected chi connectivity index (χ4v) is 1.81. The molecule has 4 nitrogen and oxygen atoms in total. The van der Waals surface area contributed by atoms with Crippen molar-refractivity contribution in [2.24, 2.45) is 0 Å². The molecule has 0 aliphatic heterocycles. The van der Waals surface area contributed by atoms with E-state index in [0.29, 0.717) is 18.7 Å². The van der Waals surface area contributed by atoms with E-state index < -0.39 is 0 Å². The second-order valence-corrected chi connectivity index (χ2v) is 4.12. The van der Waals surface area contributed by atoms with E-state index in [1.165, 1.54) is 0 Å². The van der Waals surface area contributed by atoms with E-state index in [2.05, 4.69) is 10.3 Å². The summed E-state index contributed by atoms with van der Waals surface area (Å²) in [4.78, 5) is 15.8. The lowest BCUT2D eigenvalue weighted by Gasteiger charge is -2.10. The lowest BCUT2D eigenvalue weighted by molar-refractivity contribution is 0.0950. The minimum Gasteiger partial charge on any atom is -0.380 e. The Morgan fingerprint density at radius 2 is 1.84 bits per heavy atom. The van der Waals surface area contributed by atoms with E-state index in [0.717, 1.165) is 11.1 Å². The Morgan fingerprint density at radius 3 is 2.53 bits per heavy atom. The van der Waals surface area contributed by atoms with Crippen molar-refractivity contribution in [3.8, 4) is 0 Å². The quantitative estimate of drug-likeness (QED) is 0.891. The van der Waals surface area contributed by atoms with Gasteiger partial charge in [0.2, 0.25) is 0 Å². The van der Waals surface area contributed by atoms with Gasteiger partial charge in [-0.2, -0.15) is 0 Å². The van der Waals surface area contributed by atoms with Crippen molar-refractivity contribution in [3.63, 3.8) is 0 Å². The van der Waals surface area contributed by atoms with Crippen molar-refractivity contribution in [2.45, 2.75) is 13.2 Å². The van der Waals surface area contributed by atoms with Crippen LogP contribution >= 0.6 is 0 Å². The standard InChI is InChI=1S/C15H16N2O2/c1-19-11-14-5-3-2-4-13(14)10-17-15(18)12-6-8-16-9-7-12/h2-9H,10-11H2,1H3,(H,17,18). The van der Waals surface area contributed by atoms with Gasteiger partial charge in [0, 0.05) is 31.6 Å². The third-order valence-electron chi connectivity index (χ3n) is 2.80. The van der Waals surface area contributed by atoms with Crippen LogP contribution in [-0.4, -0.2) is 18.0 Å². The number of nitrogens with zero attached hydrogens (tertiary/aromatic N) is 1. The average molecular weight is 256 g/mol. The van der Waals surface area contributed by atoms with Crippen molar-refractivity contribution < 1.29 is 9.53 Å². The van der Waals surface area contributed by atoms with Gasteiger partial charge in [-0.25, -0.2) is 0 Å². The van der Waals surface area contributed by atoms with Gasteiger partial charge in [0.15, 0.2) is 0 Å². The minimum atomic E-state index is -0.102. The van der Waals surface area contributed by atoms with Crippen LogP contribution in [0.2, 0.25) is 0 Å². The SMILES string of the molecule is COCc1ccccc1CNC(=O)c1ccncc1. The first-order chi connectivity index (χ1) is 9.31. The zero-order chi connectivity index (χ0) is 13.5. The van der Waals surface area contributed by atoms with Crippen molar-refractivity contribution in [2.75, 3.05) is 7.11 Å². The molecule has 0 aliphatic rings. The van der Waals surface area contributed by atoms with E-state index in [1.54, 1.807) is 31.6 Å². The second-order valence-electron chi connectivity index (χ2n) is 4.12. The topological polar surface area (TPSA) is 51.2 Å². The molecular weight excluding hydrogens is 240 g/mol. The van der Waals surface area contributed by atoms with Gasteiger partial charge in [0.1, 0.15) is 0 Å². The Balaban J connectivity index is 2.01. The van der Waals surface area contributed by atoms with Gasteiger partial charge < -0.3 is 10.1 Å². The first kappa shape index (κ1) is 13.2. The highest BCUT2D eigenvalue weighted by Gasteiger charge is 2.06. The van der Waals surface area contributed by atoms with Crippen molar-refractivity contribution in [1.29, 1.82) is 0 Å². The summed E-state index contributed by atoms with van der Waals surface area (Å²) in [5, 5.41) is 2.89. The van der Waals surface area contributed by atoms with Crippen LogP contribution in [0.1, 0.15) is 21.5 Å². The molecule has 1 aromatic carbocycles. The van der Waals surface area contributed by atoms with Gasteiger partial charge >= 0.3 is 0 Å². The van der Waals surface area contributed by atoms with Crippen LogP contribution in [-0.2, 0) is 17.9 Å². The number of carbonyl (C=O) groups is 1. The van der Waals surface area contributed by atoms with Crippen LogP contribution in [0.5, 0.6) is 0 Å². The third kappa shape index (κ3) is 3.63. The summed E-state index contributed by atoms with van der Waals surface area (Å²) >= 11 is 0. The molecule has 98 valence electrons. The number of benzene rings is 1. The maximum Gasteiger partial charge on any atom is 0.251 e. The van der Waals surface area contributed by atoms with Crippen molar-refractivity contribution in [1.82, 2.24) is 10.3 Å². The number of ether oxygens (including phenoxy) is 1. The average Bonchev–Trinajstić information content (AvgIpc) is 2.47. The Morgan fingerprint density at radius 1 is 1.16 bits per heavy atom. The molecule has 0 spiro atoms. The van der Waals surface area contributed by atoms with Crippen LogP contribution in [0.4, 0.5) is 0 Å². The maximum atomic E-state index is 11.9. The highest BCUT2D eigenvalue weighted by molar-refractivity contribution is 5.93. The molecule has 0 bridgehead atoms. The highest BCUT2D eigenvalue weighted by atomic mass is 16.5. The van der Waals surface area contributed by atoms with Gasteiger partial charge in [0.25, 0.3) is 5.91 Å². The zero-order valence-electron chi connectivity index (χ0n) is 10.8. The normalized spacial score (nSPS) is 10.2. The number of amides is 1. The zero-order valence-corrected chi connectivity index (χ0v) is 10.8. The molecule has 0 atom stereocenters. The summed E-state index contributed by atoms with van der Waals surface area (Å²) in [5.41, 5.74) is 2.76. The molecule has 1 heterocycles. The molecule has 19 heavy (non-hydrogen) atoms. The second kappa shape index (κ2) is 6.66. The molecule has 0 unspecified atom stereocenters. The molecule has 0 fully saturated rings. The molecule has 1 N–H and O–H groups in total. The van der Waals surface area contributed by atoms with Crippen LogP contribution in [0.3, 0.4) is 0 Å². The number of nitrogens with one attached hydrogen (secondary N) is 1. The van der Waals surface area contributed by atoms with Crippen LogP contribution in [0.15, 0.2) is 48.8 Å². The molecule has 0 saturated heterocycles. The summed E-state index contributed by atoms with van der Waals surface area (Å²) in [6.07, 6.45) is 3.21. The lowest BCUT2D eigenvalue weighted by Crippen LogP contribution is -2.23. The molecule has 0 aliphatic carbocycles. The van der Waals surface area contributed by atoms with Crippen LogP contribution in [0.25, 0.3) is 0 Å². The summed E-state index contributed by atoms with van der Waals surface area (Å²) in [7, 11) is 1.66. The largest absolute Gasteiger partial charge is 0.380 e. The predicted octanol–water partition coefficient (Wildman–Crippen LogP) is 2.16. The Kier molecular flexibility index (Phi) is 4.64. The minimum absolute atomic E-state index is 0.102. The van der Waals surface area contributed by atoms with Crippen LogP contribution < -0.4 is 5.32 Å². The van der Waals surface area contributed by atoms with Gasteiger partial charge in [0.05, 0.1) is 6.61 Å². The van der Waals surface area contributed by atoms with E-state index in [1.807, 2.05) is 24.3 Å². The lowest BCUT2D eigenvalue weighted by atomic mass is 10.1. The Labute approximate surface area is 112 Å². The maximum absolute atomic E-state index is 11.9. The smallest absolute Gasteiger partial charge is 0.251 e. The van der Waals surface area contributed by atoms with E-state index in [4.69, 9.17) is 4.74 Å². The number of methoxy groups -OCH3 is 1. The van der Waals surface area contributed by atoms with E-state index >= 15 is 0 Å². The summed E-state index contributed by atoms with van der Waals surface area (Å²) < 4.78 is 5.14. The number of carbonyl (C=O) groups excluding carboxylic acids is 1. The fraction of sp³-hybridized carbons (Fsp3) is 0.200. The van der Waals surface area contributed by atoms with Crippen LogP contribution in [0, 0.1) is 0 Å².